The number of aryl methyl sites for hydroxylation is 1. The van der Waals surface area contributed by atoms with Crippen molar-refractivity contribution >= 4 is 0 Å². The molecule has 1 heterocycles. The lowest BCUT2D eigenvalue weighted by molar-refractivity contribution is 1.14. The molecular formula is C17H13N3. The second-order valence-electron chi connectivity index (χ2n) is 4.60. The molecule has 0 saturated heterocycles. The summed E-state index contributed by atoms with van der Waals surface area (Å²) in [6.45, 7) is 1.85. The topological polar surface area (TPSA) is 52.5 Å². The molecule has 3 heteroatoms. The zero-order chi connectivity index (χ0) is 13.9. The summed E-state index contributed by atoms with van der Waals surface area (Å²) in [7, 11) is 0. The van der Waals surface area contributed by atoms with Crippen molar-refractivity contribution in [3.63, 3.8) is 0 Å². The maximum atomic E-state index is 9.09. The van der Waals surface area contributed by atoms with Crippen molar-refractivity contribution in [2.45, 2.75) is 6.92 Å². The van der Waals surface area contributed by atoms with Crippen molar-refractivity contribution < 1.29 is 0 Å². The van der Waals surface area contributed by atoms with Gasteiger partial charge in [0.2, 0.25) is 0 Å². The molecule has 3 aromatic rings. The Labute approximate surface area is 117 Å². The van der Waals surface area contributed by atoms with Crippen LogP contribution in [-0.4, -0.2) is 9.97 Å². The first-order chi connectivity index (χ1) is 9.78. The monoisotopic (exact) mass is 259 g/mol. The highest BCUT2D eigenvalue weighted by Crippen LogP contribution is 2.25. The number of nitrogens with one attached hydrogen (secondary N) is 1. The van der Waals surface area contributed by atoms with Crippen LogP contribution in [0.15, 0.2) is 54.6 Å². The highest BCUT2D eigenvalue weighted by atomic mass is 14.9. The van der Waals surface area contributed by atoms with Crippen LogP contribution >= 0.6 is 0 Å². The van der Waals surface area contributed by atoms with Crippen LogP contribution < -0.4 is 0 Å². The third-order valence-corrected chi connectivity index (χ3v) is 3.21. The number of imidazole rings is 1. The maximum Gasteiger partial charge on any atom is 0.166 e. The summed E-state index contributed by atoms with van der Waals surface area (Å²) in [6.07, 6.45) is 0. The van der Waals surface area contributed by atoms with E-state index in [2.05, 4.69) is 40.3 Å². The summed E-state index contributed by atoms with van der Waals surface area (Å²) in [4.78, 5) is 7.31. The number of aromatic nitrogens is 2. The SMILES string of the molecule is Cc1nc(C#N)c(-c2ccc(-c3ccccc3)cc2)[nH]1. The van der Waals surface area contributed by atoms with Gasteiger partial charge in [0, 0.05) is 5.56 Å². The fourth-order valence-corrected chi connectivity index (χ4v) is 2.24. The molecule has 96 valence electrons. The van der Waals surface area contributed by atoms with Crippen LogP contribution in [0.2, 0.25) is 0 Å². The molecule has 3 nitrogen and oxygen atoms in total. The van der Waals surface area contributed by atoms with Gasteiger partial charge in [0.25, 0.3) is 0 Å². The number of nitrogens with zero attached hydrogens (tertiary/aromatic N) is 2. The first kappa shape index (κ1) is 12.2. The molecule has 20 heavy (non-hydrogen) atoms. The van der Waals surface area contributed by atoms with E-state index in [4.69, 9.17) is 5.26 Å². The summed E-state index contributed by atoms with van der Waals surface area (Å²) < 4.78 is 0. The van der Waals surface area contributed by atoms with Crippen LogP contribution in [0.3, 0.4) is 0 Å². The van der Waals surface area contributed by atoms with Gasteiger partial charge in [-0.15, -0.1) is 0 Å². The Balaban J connectivity index is 2.00. The van der Waals surface area contributed by atoms with Crippen molar-refractivity contribution in [3.05, 3.63) is 66.1 Å². The standard InChI is InChI=1S/C17H13N3/c1-12-19-16(11-18)17(20-12)15-9-7-14(8-10-15)13-5-3-2-4-6-13/h2-10H,1H3,(H,19,20). The predicted octanol–water partition coefficient (Wildman–Crippen LogP) is 3.92. The highest BCUT2D eigenvalue weighted by Gasteiger charge is 2.09. The van der Waals surface area contributed by atoms with Gasteiger partial charge >= 0.3 is 0 Å². The maximum absolute atomic E-state index is 9.09. The Hall–Kier alpha value is -2.86. The van der Waals surface area contributed by atoms with E-state index in [1.165, 1.54) is 5.56 Å². The van der Waals surface area contributed by atoms with Crippen molar-refractivity contribution in [1.82, 2.24) is 9.97 Å². The summed E-state index contributed by atoms with van der Waals surface area (Å²) in [5.41, 5.74) is 4.53. The molecule has 1 N–H and O–H groups in total. The van der Waals surface area contributed by atoms with Crippen LogP contribution in [0.4, 0.5) is 0 Å². The minimum absolute atomic E-state index is 0.440. The summed E-state index contributed by atoms with van der Waals surface area (Å²) in [5, 5.41) is 9.09. The van der Waals surface area contributed by atoms with E-state index in [1.807, 2.05) is 37.3 Å². The second kappa shape index (κ2) is 5.02. The summed E-state index contributed by atoms with van der Waals surface area (Å²) in [5.74, 6) is 0.753. The quantitative estimate of drug-likeness (QED) is 0.758. The van der Waals surface area contributed by atoms with Crippen molar-refractivity contribution in [2.24, 2.45) is 0 Å². The summed E-state index contributed by atoms with van der Waals surface area (Å²) >= 11 is 0. The lowest BCUT2D eigenvalue weighted by atomic mass is 10.0. The van der Waals surface area contributed by atoms with E-state index in [0.29, 0.717) is 5.69 Å². The Morgan fingerprint density at radius 1 is 0.900 bits per heavy atom. The molecule has 0 saturated carbocycles. The van der Waals surface area contributed by atoms with Crippen molar-refractivity contribution in [1.29, 1.82) is 5.26 Å². The number of hydrogen-bond donors (Lipinski definition) is 1. The van der Waals surface area contributed by atoms with Gasteiger partial charge in [0.15, 0.2) is 5.69 Å². The van der Waals surface area contributed by atoms with Gasteiger partial charge < -0.3 is 4.98 Å². The fraction of sp³-hybridized carbons (Fsp3) is 0.0588. The van der Waals surface area contributed by atoms with Gasteiger partial charge in [-0.2, -0.15) is 5.26 Å². The lowest BCUT2D eigenvalue weighted by Gasteiger charge is -2.03. The Morgan fingerprint density at radius 2 is 1.50 bits per heavy atom. The molecule has 3 rings (SSSR count). The lowest BCUT2D eigenvalue weighted by Crippen LogP contribution is -1.83. The Morgan fingerprint density at radius 3 is 2.15 bits per heavy atom. The molecule has 0 aliphatic heterocycles. The molecule has 0 unspecified atom stereocenters. The minimum Gasteiger partial charge on any atom is -0.341 e. The van der Waals surface area contributed by atoms with Crippen LogP contribution in [0.5, 0.6) is 0 Å². The Kier molecular flexibility index (Phi) is 3.06. The third-order valence-electron chi connectivity index (χ3n) is 3.21. The molecule has 0 fully saturated rings. The molecule has 0 spiro atoms. The minimum atomic E-state index is 0.440. The van der Waals surface area contributed by atoms with E-state index in [9.17, 15) is 0 Å². The normalized spacial score (nSPS) is 10.2. The van der Waals surface area contributed by atoms with E-state index in [1.54, 1.807) is 0 Å². The number of H-pyrrole nitrogens is 1. The largest absolute Gasteiger partial charge is 0.341 e. The average Bonchev–Trinajstić information content (AvgIpc) is 2.89. The molecule has 2 aromatic carbocycles. The zero-order valence-corrected chi connectivity index (χ0v) is 11.1. The van der Waals surface area contributed by atoms with Gasteiger partial charge in [-0.3, -0.25) is 0 Å². The first-order valence-electron chi connectivity index (χ1n) is 6.40. The number of rotatable bonds is 2. The smallest absolute Gasteiger partial charge is 0.166 e. The molecule has 0 aliphatic carbocycles. The zero-order valence-electron chi connectivity index (χ0n) is 11.1. The molecule has 0 radical (unpaired) electrons. The summed E-state index contributed by atoms with van der Waals surface area (Å²) in [6, 6.07) is 20.5. The van der Waals surface area contributed by atoms with E-state index in [0.717, 1.165) is 22.6 Å². The predicted molar refractivity (Wildman–Crippen MR) is 78.9 cm³/mol. The molecule has 0 amide bonds. The molecule has 0 bridgehead atoms. The van der Waals surface area contributed by atoms with Crippen LogP contribution in [0, 0.1) is 18.3 Å². The van der Waals surface area contributed by atoms with Gasteiger partial charge in [0.05, 0.1) is 5.69 Å². The van der Waals surface area contributed by atoms with Crippen LogP contribution in [0.1, 0.15) is 11.5 Å². The van der Waals surface area contributed by atoms with E-state index >= 15 is 0 Å². The van der Waals surface area contributed by atoms with E-state index in [-0.39, 0.29) is 0 Å². The fourth-order valence-electron chi connectivity index (χ4n) is 2.24. The average molecular weight is 259 g/mol. The van der Waals surface area contributed by atoms with E-state index < -0.39 is 0 Å². The van der Waals surface area contributed by atoms with Gasteiger partial charge in [-0.25, -0.2) is 4.98 Å². The van der Waals surface area contributed by atoms with Crippen molar-refractivity contribution in [2.75, 3.05) is 0 Å². The molecular weight excluding hydrogens is 246 g/mol. The number of aromatic amines is 1. The van der Waals surface area contributed by atoms with Crippen LogP contribution in [0.25, 0.3) is 22.4 Å². The first-order valence-corrected chi connectivity index (χ1v) is 6.40. The van der Waals surface area contributed by atoms with Crippen LogP contribution in [-0.2, 0) is 0 Å². The number of nitriles is 1. The molecule has 1 aromatic heterocycles. The van der Waals surface area contributed by atoms with Crippen molar-refractivity contribution in [3.8, 4) is 28.5 Å². The Bertz CT molecular complexity index is 762. The molecule has 0 atom stereocenters. The third kappa shape index (κ3) is 2.19. The van der Waals surface area contributed by atoms with Gasteiger partial charge in [0.1, 0.15) is 11.9 Å². The highest BCUT2D eigenvalue weighted by molar-refractivity contribution is 5.71. The van der Waals surface area contributed by atoms with Gasteiger partial charge in [-0.1, -0.05) is 54.6 Å². The number of benzene rings is 2. The number of hydrogen-bond acceptors (Lipinski definition) is 2. The molecule has 0 aliphatic rings. The second-order valence-corrected chi connectivity index (χ2v) is 4.60. The van der Waals surface area contributed by atoms with Gasteiger partial charge in [-0.05, 0) is 18.1 Å².